The van der Waals surface area contributed by atoms with Crippen molar-refractivity contribution in [2.24, 2.45) is 0 Å². The molecule has 0 radical (unpaired) electrons. The van der Waals surface area contributed by atoms with E-state index in [0.29, 0.717) is 11.7 Å². The first-order valence-corrected chi connectivity index (χ1v) is 9.95. The lowest BCUT2D eigenvalue weighted by Gasteiger charge is -2.10. The largest absolute Gasteiger partial charge is 0.361 e. The topological polar surface area (TPSA) is 59.7 Å². The monoisotopic (exact) mass is 446 g/mol. The molecule has 0 saturated carbocycles. The van der Waals surface area contributed by atoms with Crippen molar-refractivity contribution in [3.63, 3.8) is 0 Å². The van der Waals surface area contributed by atoms with Crippen molar-refractivity contribution in [3.05, 3.63) is 63.6 Å². The molecule has 0 unspecified atom stereocenters. The summed E-state index contributed by atoms with van der Waals surface area (Å²) in [4.78, 5) is 0. The fraction of sp³-hybridized carbons (Fsp3) is 0.316. The van der Waals surface area contributed by atoms with Crippen molar-refractivity contribution in [3.8, 4) is 0 Å². The normalized spacial score (nSPS) is 10.8. The Balaban J connectivity index is 1.49. The van der Waals surface area contributed by atoms with E-state index in [-0.39, 0.29) is 0 Å². The predicted molar refractivity (Wildman–Crippen MR) is 116 cm³/mol. The van der Waals surface area contributed by atoms with Crippen LogP contribution < -0.4 is 10.6 Å². The molecule has 3 rings (SSSR count). The molecule has 0 atom stereocenters. The second kappa shape index (κ2) is 8.67. The Kier molecular flexibility index (Phi) is 6.28. The highest BCUT2D eigenvalue weighted by Gasteiger charge is 2.08. The maximum atomic E-state index is 5.38. The number of thiocarbonyl (C=S) groups is 1. The van der Waals surface area contributed by atoms with Gasteiger partial charge >= 0.3 is 0 Å². The average molecular weight is 447 g/mol. The summed E-state index contributed by atoms with van der Waals surface area (Å²) in [6.07, 6.45) is 3.74. The maximum Gasteiger partial charge on any atom is 0.170 e. The van der Waals surface area contributed by atoms with Crippen LogP contribution in [0.25, 0.3) is 0 Å². The number of rotatable bonds is 6. The van der Waals surface area contributed by atoms with E-state index >= 15 is 0 Å². The van der Waals surface area contributed by atoms with Gasteiger partial charge in [-0.15, -0.1) is 0 Å². The van der Waals surface area contributed by atoms with Gasteiger partial charge in [0, 0.05) is 18.4 Å². The van der Waals surface area contributed by atoms with Crippen molar-refractivity contribution < 1.29 is 0 Å². The van der Waals surface area contributed by atoms with Gasteiger partial charge in [-0.2, -0.15) is 10.2 Å². The van der Waals surface area contributed by atoms with Crippen LogP contribution in [0.5, 0.6) is 0 Å². The number of nitrogens with one attached hydrogen (secondary N) is 2. The van der Waals surface area contributed by atoms with Crippen LogP contribution in [-0.2, 0) is 13.1 Å². The highest BCUT2D eigenvalue weighted by molar-refractivity contribution is 9.10. The summed E-state index contributed by atoms with van der Waals surface area (Å²) in [6, 6.07) is 8.32. The second-order valence-corrected chi connectivity index (χ2v) is 7.64. The van der Waals surface area contributed by atoms with E-state index in [4.69, 9.17) is 12.2 Å². The average Bonchev–Trinajstić information content (AvgIpc) is 3.17. The molecule has 0 aliphatic rings. The number of nitrogens with zero attached hydrogens (tertiary/aromatic N) is 4. The van der Waals surface area contributed by atoms with Crippen LogP contribution in [0.3, 0.4) is 0 Å². The number of halogens is 1. The standard InChI is InChI=1S/C19H23BrN6S/c1-13-6-4-5-7-16(13)11-25-12-17(10-22-25)23-19(27)21-8-9-26-15(3)18(20)14(2)24-26/h4-7,10,12H,8-9,11H2,1-3H3,(H2,21,23,27). The maximum absolute atomic E-state index is 5.38. The number of hydrogen-bond donors (Lipinski definition) is 2. The molecular weight excluding hydrogens is 424 g/mol. The van der Waals surface area contributed by atoms with Gasteiger partial charge in [0.2, 0.25) is 0 Å². The van der Waals surface area contributed by atoms with Crippen molar-refractivity contribution in [2.45, 2.75) is 33.9 Å². The summed E-state index contributed by atoms with van der Waals surface area (Å²) in [5.41, 5.74) is 5.49. The van der Waals surface area contributed by atoms with E-state index in [1.807, 2.05) is 41.5 Å². The Morgan fingerprint density at radius 1 is 1.22 bits per heavy atom. The Morgan fingerprint density at radius 2 is 2.00 bits per heavy atom. The van der Waals surface area contributed by atoms with E-state index in [1.54, 1.807) is 6.20 Å². The van der Waals surface area contributed by atoms with Gasteiger partial charge in [0.25, 0.3) is 0 Å². The summed E-state index contributed by atoms with van der Waals surface area (Å²) < 4.78 is 4.93. The molecule has 8 heteroatoms. The first-order chi connectivity index (χ1) is 12.9. The number of aromatic nitrogens is 4. The van der Waals surface area contributed by atoms with Crippen molar-refractivity contribution >= 4 is 38.9 Å². The van der Waals surface area contributed by atoms with Crippen LogP contribution in [0.2, 0.25) is 0 Å². The summed E-state index contributed by atoms with van der Waals surface area (Å²) in [7, 11) is 0. The molecule has 6 nitrogen and oxygen atoms in total. The molecule has 1 aromatic carbocycles. The fourth-order valence-corrected chi connectivity index (χ4v) is 3.32. The van der Waals surface area contributed by atoms with Crippen LogP contribution >= 0.6 is 28.1 Å². The molecular formula is C19H23BrN6S. The third-order valence-corrected chi connectivity index (χ3v) is 5.78. The van der Waals surface area contributed by atoms with Crippen LogP contribution in [0.1, 0.15) is 22.5 Å². The first-order valence-electron chi connectivity index (χ1n) is 8.75. The molecule has 0 bridgehead atoms. The van der Waals surface area contributed by atoms with Gasteiger partial charge in [-0.05, 0) is 60.0 Å². The zero-order valence-corrected chi connectivity index (χ0v) is 18.1. The molecule has 0 aliphatic heterocycles. The Morgan fingerprint density at radius 3 is 2.70 bits per heavy atom. The smallest absolute Gasteiger partial charge is 0.170 e. The van der Waals surface area contributed by atoms with Crippen LogP contribution in [0.4, 0.5) is 5.69 Å². The number of hydrogen-bond acceptors (Lipinski definition) is 3. The molecule has 0 amide bonds. The van der Waals surface area contributed by atoms with E-state index in [1.165, 1.54) is 11.1 Å². The van der Waals surface area contributed by atoms with E-state index < -0.39 is 0 Å². The lowest BCUT2D eigenvalue weighted by Crippen LogP contribution is -2.31. The lowest BCUT2D eigenvalue weighted by atomic mass is 10.1. The fourth-order valence-electron chi connectivity index (χ4n) is 2.82. The molecule has 142 valence electrons. The number of anilines is 1. The summed E-state index contributed by atoms with van der Waals surface area (Å²) in [5.74, 6) is 0. The molecule has 0 aliphatic carbocycles. The van der Waals surface area contributed by atoms with Crippen LogP contribution in [-0.4, -0.2) is 31.2 Å². The Hall–Kier alpha value is -2.19. The van der Waals surface area contributed by atoms with Crippen LogP contribution in [0, 0.1) is 20.8 Å². The molecule has 27 heavy (non-hydrogen) atoms. The minimum atomic E-state index is 0.575. The number of aryl methyl sites for hydroxylation is 2. The Bertz CT molecular complexity index is 946. The van der Waals surface area contributed by atoms with Gasteiger partial charge in [-0.25, -0.2) is 0 Å². The van der Waals surface area contributed by atoms with Gasteiger partial charge < -0.3 is 10.6 Å². The number of benzene rings is 1. The van der Waals surface area contributed by atoms with Gasteiger partial charge in [0.05, 0.1) is 35.1 Å². The zero-order chi connectivity index (χ0) is 19.4. The van der Waals surface area contributed by atoms with E-state index in [2.05, 4.69) is 55.8 Å². The lowest BCUT2D eigenvalue weighted by molar-refractivity contribution is 0.585. The second-order valence-electron chi connectivity index (χ2n) is 6.44. The minimum Gasteiger partial charge on any atom is -0.361 e. The summed E-state index contributed by atoms with van der Waals surface area (Å²) >= 11 is 8.92. The predicted octanol–water partition coefficient (Wildman–Crippen LogP) is 3.80. The Labute approximate surface area is 173 Å². The first kappa shape index (κ1) is 19.6. The van der Waals surface area contributed by atoms with Crippen molar-refractivity contribution in [1.29, 1.82) is 0 Å². The SMILES string of the molecule is Cc1ccccc1Cn1cc(NC(=S)NCCn2nc(C)c(Br)c2C)cn1. The molecule has 3 aromatic rings. The summed E-state index contributed by atoms with van der Waals surface area (Å²) in [5, 5.41) is 15.9. The molecule has 0 spiro atoms. The van der Waals surface area contributed by atoms with Gasteiger partial charge in [0.1, 0.15) is 0 Å². The van der Waals surface area contributed by atoms with Crippen LogP contribution in [0.15, 0.2) is 41.1 Å². The minimum absolute atomic E-state index is 0.575. The third-order valence-electron chi connectivity index (χ3n) is 4.39. The van der Waals surface area contributed by atoms with Gasteiger partial charge in [-0.1, -0.05) is 24.3 Å². The molecule has 0 saturated heterocycles. The zero-order valence-electron chi connectivity index (χ0n) is 15.7. The van der Waals surface area contributed by atoms with Gasteiger partial charge in [-0.3, -0.25) is 9.36 Å². The highest BCUT2D eigenvalue weighted by atomic mass is 79.9. The van der Waals surface area contributed by atoms with Crippen molar-refractivity contribution in [2.75, 3.05) is 11.9 Å². The molecule has 2 aromatic heterocycles. The third kappa shape index (κ3) is 4.95. The van der Waals surface area contributed by atoms with E-state index in [0.717, 1.165) is 34.6 Å². The molecule has 2 N–H and O–H groups in total. The molecule has 2 heterocycles. The highest BCUT2D eigenvalue weighted by Crippen LogP contribution is 2.19. The van der Waals surface area contributed by atoms with Crippen molar-refractivity contribution in [1.82, 2.24) is 24.9 Å². The molecule has 0 fully saturated rings. The van der Waals surface area contributed by atoms with Gasteiger partial charge in [0.15, 0.2) is 5.11 Å². The van der Waals surface area contributed by atoms with E-state index in [9.17, 15) is 0 Å². The summed E-state index contributed by atoms with van der Waals surface area (Å²) in [6.45, 7) is 8.31. The quantitative estimate of drug-likeness (QED) is 0.563.